The first-order chi connectivity index (χ1) is 7.79. The summed E-state index contributed by atoms with van der Waals surface area (Å²) in [6.07, 6.45) is 2.90. The molecule has 4 nitrogen and oxygen atoms in total. The molecule has 1 aliphatic heterocycles. The topological polar surface area (TPSA) is 41.1 Å². The van der Waals surface area contributed by atoms with Gasteiger partial charge in [-0.15, -0.1) is 0 Å². The standard InChI is InChI=1S/C12H20N4/c1-3-12-14-8-11(10(2)15-12)9-16-6-4-13-5-7-16/h8,13H,3-7,9H2,1-2H3. The van der Waals surface area contributed by atoms with E-state index < -0.39 is 0 Å². The Bertz CT molecular complexity index is 345. The smallest absolute Gasteiger partial charge is 0.128 e. The summed E-state index contributed by atoms with van der Waals surface area (Å²) in [5.41, 5.74) is 2.39. The van der Waals surface area contributed by atoms with E-state index in [1.54, 1.807) is 0 Å². The van der Waals surface area contributed by atoms with Crippen molar-refractivity contribution >= 4 is 0 Å². The van der Waals surface area contributed by atoms with Gasteiger partial charge in [-0.05, 0) is 6.92 Å². The van der Waals surface area contributed by atoms with Gasteiger partial charge in [-0.25, -0.2) is 9.97 Å². The van der Waals surface area contributed by atoms with E-state index >= 15 is 0 Å². The van der Waals surface area contributed by atoms with Crippen molar-refractivity contribution in [2.24, 2.45) is 0 Å². The maximum Gasteiger partial charge on any atom is 0.128 e. The Balaban J connectivity index is 2.03. The molecule has 0 aromatic carbocycles. The fourth-order valence-electron chi connectivity index (χ4n) is 1.98. The zero-order valence-corrected chi connectivity index (χ0v) is 10.2. The first-order valence-electron chi connectivity index (χ1n) is 6.04. The van der Waals surface area contributed by atoms with E-state index in [0.29, 0.717) is 0 Å². The van der Waals surface area contributed by atoms with Gasteiger partial charge in [-0.3, -0.25) is 4.90 Å². The molecular weight excluding hydrogens is 200 g/mol. The number of aryl methyl sites for hydroxylation is 2. The van der Waals surface area contributed by atoms with Crippen molar-refractivity contribution in [3.63, 3.8) is 0 Å². The van der Waals surface area contributed by atoms with Gasteiger partial charge in [0, 0.05) is 56.6 Å². The average Bonchev–Trinajstić information content (AvgIpc) is 2.33. The van der Waals surface area contributed by atoms with Crippen LogP contribution in [0, 0.1) is 6.92 Å². The van der Waals surface area contributed by atoms with Crippen LogP contribution in [-0.2, 0) is 13.0 Å². The molecule has 0 saturated carbocycles. The Kier molecular flexibility index (Phi) is 3.85. The van der Waals surface area contributed by atoms with Crippen LogP contribution in [0.15, 0.2) is 6.20 Å². The lowest BCUT2D eigenvalue weighted by molar-refractivity contribution is 0.232. The summed E-state index contributed by atoms with van der Waals surface area (Å²) in [5, 5.41) is 3.36. The molecule has 0 spiro atoms. The second-order valence-electron chi connectivity index (χ2n) is 4.28. The molecule has 4 heteroatoms. The highest BCUT2D eigenvalue weighted by Crippen LogP contribution is 2.08. The van der Waals surface area contributed by atoms with Gasteiger partial charge in [0.05, 0.1) is 0 Å². The van der Waals surface area contributed by atoms with Crippen LogP contribution in [0.2, 0.25) is 0 Å². The highest BCUT2D eigenvalue weighted by Gasteiger charge is 2.11. The largest absolute Gasteiger partial charge is 0.314 e. The maximum absolute atomic E-state index is 4.50. The van der Waals surface area contributed by atoms with Gasteiger partial charge in [0.25, 0.3) is 0 Å². The molecule has 0 amide bonds. The minimum Gasteiger partial charge on any atom is -0.314 e. The summed E-state index contributed by atoms with van der Waals surface area (Å²) in [6, 6.07) is 0. The number of aromatic nitrogens is 2. The van der Waals surface area contributed by atoms with Crippen LogP contribution >= 0.6 is 0 Å². The zero-order valence-electron chi connectivity index (χ0n) is 10.2. The molecule has 2 heterocycles. The van der Waals surface area contributed by atoms with Gasteiger partial charge in [-0.1, -0.05) is 6.92 Å². The normalized spacial score (nSPS) is 17.6. The Morgan fingerprint density at radius 3 is 2.75 bits per heavy atom. The van der Waals surface area contributed by atoms with Gasteiger partial charge in [0.2, 0.25) is 0 Å². The van der Waals surface area contributed by atoms with Gasteiger partial charge >= 0.3 is 0 Å². The second kappa shape index (κ2) is 5.37. The number of piperazine rings is 1. The number of hydrogen-bond acceptors (Lipinski definition) is 4. The van der Waals surface area contributed by atoms with Gasteiger partial charge in [-0.2, -0.15) is 0 Å². The number of hydrogen-bond donors (Lipinski definition) is 1. The summed E-state index contributed by atoms with van der Waals surface area (Å²) in [5.74, 6) is 0.946. The third-order valence-electron chi connectivity index (χ3n) is 3.05. The van der Waals surface area contributed by atoms with Crippen molar-refractivity contribution in [3.8, 4) is 0 Å². The molecule has 1 aromatic heterocycles. The van der Waals surface area contributed by atoms with Crippen molar-refractivity contribution in [2.45, 2.75) is 26.8 Å². The molecule has 16 heavy (non-hydrogen) atoms. The van der Waals surface area contributed by atoms with Crippen molar-refractivity contribution < 1.29 is 0 Å². The van der Waals surface area contributed by atoms with Gasteiger partial charge in [0.1, 0.15) is 5.82 Å². The van der Waals surface area contributed by atoms with Crippen LogP contribution in [0.1, 0.15) is 24.0 Å². The molecular formula is C12H20N4. The highest BCUT2D eigenvalue weighted by atomic mass is 15.2. The molecule has 0 aliphatic carbocycles. The molecule has 88 valence electrons. The maximum atomic E-state index is 4.50. The van der Waals surface area contributed by atoms with Gasteiger partial charge < -0.3 is 5.32 Å². The van der Waals surface area contributed by atoms with E-state index in [9.17, 15) is 0 Å². The van der Waals surface area contributed by atoms with E-state index in [2.05, 4.69) is 34.0 Å². The summed E-state index contributed by atoms with van der Waals surface area (Å²) in [4.78, 5) is 11.3. The average molecular weight is 220 g/mol. The number of nitrogens with zero attached hydrogens (tertiary/aromatic N) is 3. The molecule has 0 radical (unpaired) electrons. The molecule has 0 bridgehead atoms. The third kappa shape index (κ3) is 2.77. The highest BCUT2D eigenvalue weighted by molar-refractivity contribution is 5.16. The minimum atomic E-state index is 0.911. The number of nitrogens with one attached hydrogen (secondary N) is 1. The lowest BCUT2D eigenvalue weighted by Crippen LogP contribution is -2.43. The molecule has 1 aliphatic rings. The quantitative estimate of drug-likeness (QED) is 0.816. The monoisotopic (exact) mass is 220 g/mol. The van der Waals surface area contributed by atoms with Crippen molar-refractivity contribution in [2.75, 3.05) is 26.2 Å². The Hall–Kier alpha value is -1.00. The summed E-state index contributed by atoms with van der Waals surface area (Å²) >= 11 is 0. The van der Waals surface area contributed by atoms with Gasteiger partial charge in [0.15, 0.2) is 0 Å². The summed E-state index contributed by atoms with van der Waals surface area (Å²) in [7, 11) is 0. The summed E-state index contributed by atoms with van der Waals surface area (Å²) in [6.45, 7) is 9.57. The molecule has 1 N–H and O–H groups in total. The first-order valence-corrected chi connectivity index (χ1v) is 6.04. The Morgan fingerprint density at radius 1 is 1.38 bits per heavy atom. The Morgan fingerprint density at radius 2 is 2.12 bits per heavy atom. The third-order valence-corrected chi connectivity index (χ3v) is 3.05. The zero-order chi connectivity index (χ0) is 11.4. The molecule has 0 atom stereocenters. The van der Waals surface area contributed by atoms with E-state index in [4.69, 9.17) is 0 Å². The van der Waals surface area contributed by atoms with Crippen LogP contribution in [0.5, 0.6) is 0 Å². The van der Waals surface area contributed by atoms with Crippen molar-refractivity contribution in [3.05, 3.63) is 23.3 Å². The fraction of sp³-hybridized carbons (Fsp3) is 0.667. The lowest BCUT2D eigenvalue weighted by Gasteiger charge is -2.27. The van der Waals surface area contributed by atoms with E-state index in [1.165, 1.54) is 5.56 Å². The van der Waals surface area contributed by atoms with Crippen LogP contribution in [0.4, 0.5) is 0 Å². The lowest BCUT2D eigenvalue weighted by atomic mass is 10.2. The predicted octanol–water partition coefficient (Wildman–Crippen LogP) is 0.753. The number of rotatable bonds is 3. The van der Waals surface area contributed by atoms with Crippen LogP contribution < -0.4 is 5.32 Å². The van der Waals surface area contributed by atoms with E-state index in [-0.39, 0.29) is 0 Å². The molecule has 1 fully saturated rings. The first kappa shape index (κ1) is 11.5. The minimum absolute atomic E-state index is 0.911. The molecule has 1 aromatic rings. The van der Waals surface area contributed by atoms with E-state index in [1.807, 2.05) is 6.20 Å². The van der Waals surface area contributed by atoms with Crippen LogP contribution in [0.25, 0.3) is 0 Å². The summed E-state index contributed by atoms with van der Waals surface area (Å²) < 4.78 is 0. The van der Waals surface area contributed by atoms with E-state index in [0.717, 1.165) is 50.7 Å². The van der Waals surface area contributed by atoms with Crippen LogP contribution in [0.3, 0.4) is 0 Å². The predicted molar refractivity (Wildman–Crippen MR) is 64.3 cm³/mol. The van der Waals surface area contributed by atoms with Crippen molar-refractivity contribution in [1.82, 2.24) is 20.2 Å². The molecule has 2 rings (SSSR count). The second-order valence-corrected chi connectivity index (χ2v) is 4.28. The fourth-order valence-corrected chi connectivity index (χ4v) is 1.98. The Labute approximate surface area is 97.1 Å². The van der Waals surface area contributed by atoms with Crippen molar-refractivity contribution in [1.29, 1.82) is 0 Å². The van der Waals surface area contributed by atoms with Crippen LogP contribution in [-0.4, -0.2) is 41.0 Å². The molecule has 0 unspecified atom stereocenters. The molecule has 1 saturated heterocycles. The SMILES string of the molecule is CCc1ncc(CN2CCNCC2)c(C)n1.